The molecule has 0 saturated carbocycles. The van der Waals surface area contributed by atoms with Crippen molar-refractivity contribution in [3.8, 4) is 0 Å². The van der Waals surface area contributed by atoms with Crippen LogP contribution in [0.15, 0.2) is 35.2 Å². The Morgan fingerprint density at radius 2 is 1.67 bits per heavy atom. The lowest BCUT2D eigenvalue weighted by molar-refractivity contribution is 0.265. The molecule has 0 spiro atoms. The first-order valence-corrected chi connectivity index (χ1v) is 4.63. The molecule has 0 radical (unpaired) electrons. The second-order valence-electron chi connectivity index (χ2n) is 2.14. The molecule has 0 aliphatic heterocycles. The Hall–Kier alpha value is -1.36. The second-order valence-corrected chi connectivity index (χ2v) is 4.02. The van der Waals surface area contributed by atoms with Crippen LogP contribution in [0.4, 0.5) is 4.79 Å². The summed E-state index contributed by atoms with van der Waals surface area (Å²) in [6.07, 6.45) is 0. The molecular formula is C7H7NO3S. The monoisotopic (exact) mass is 185 g/mol. The van der Waals surface area contributed by atoms with E-state index in [0.29, 0.717) is 0 Å². The first-order chi connectivity index (χ1) is 5.55. The molecule has 0 aliphatic rings. The zero-order valence-corrected chi connectivity index (χ0v) is 6.91. The maximum Gasteiger partial charge on any atom is 0.338 e. The first-order valence-electron chi connectivity index (χ1n) is 3.15. The van der Waals surface area contributed by atoms with Gasteiger partial charge in [0.1, 0.15) is 0 Å². The third-order valence-corrected chi connectivity index (χ3v) is 2.74. The molecule has 12 heavy (non-hydrogen) atoms. The van der Waals surface area contributed by atoms with E-state index in [4.69, 9.17) is 0 Å². The molecule has 4 nitrogen and oxygen atoms in total. The number of rotatable bonds is 1. The molecule has 5 heteroatoms. The Bertz CT molecular complexity index is 382. The number of benzene rings is 1. The van der Waals surface area contributed by atoms with Gasteiger partial charge in [0.05, 0.1) is 4.90 Å². The van der Waals surface area contributed by atoms with E-state index >= 15 is 0 Å². The maximum absolute atomic E-state index is 11.1. The molecule has 64 valence electrons. The van der Waals surface area contributed by atoms with Crippen molar-refractivity contribution in [3.63, 3.8) is 0 Å². The molecule has 2 N–H and O–H groups in total. The zero-order chi connectivity index (χ0) is 9.19. The van der Waals surface area contributed by atoms with Crippen LogP contribution in [0.3, 0.4) is 0 Å². The molecule has 0 aromatic heterocycles. The molecule has 0 unspecified atom stereocenters. The molecule has 1 rings (SSSR count). The topological polar surface area (TPSA) is 77.2 Å². The summed E-state index contributed by atoms with van der Waals surface area (Å²) in [5.74, 6) is 0. The number of nitrogens with two attached hydrogens (primary N) is 1. The largest absolute Gasteiger partial charge is 0.356 e. The average Bonchev–Trinajstić information content (AvgIpc) is 2.06. The van der Waals surface area contributed by atoms with Crippen LogP contribution in [-0.4, -0.2) is 13.7 Å². The predicted octanol–water partition coefficient (Wildman–Crippen LogP) is 0.539. The van der Waals surface area contributed by atoms with Gasteiger partial charge in [-0.3, -0.25) is 4.79 Å². The summed E-state index contributed by atoms with van der Waals surface area (Å²) in [6.45, 7) is 0. The Kier molecular flexibility index (Phi) is 2.14. The highest BCUT2D eigenvalue weighted by atomic mass is 32.2. The molecule has 0 heterocycles. The highest BCUT2D eigenvalue weighted by molar-refractivity contribution is 8.06. The molecule has 1 aromatic carbocycles. The van der Waals surface area contributed by atoms with E-state index in [2.05, 4.69) is 5.73 Å². The van der Waals surface area contributed by atoms with E-state index in [1.54, 1.807) is 6.07 Å². The van der Waals surface area contributed by atoms with Crippen LogP contribution in [0, 0.1) is 0 Å². The Morgan fingerprint density at radius 1 is 1.17 bits per heavy atom. The van der Waals surface area contributed by atoms with E-state index < -0.39 is 15.1 Å². The fourth-order valence-corrected chi connectivity index (χ4v) is 1.46. The lowest BCUT2D eigenvalue weighted by Gasteiger charge is -1.96. The summed E-state index contributed by atoms with van der Waals surface area (Å²) in [4.78, 5) is 10.4. The van der Waals surface area contributed by atoms with Gasteiger partial charge in [-0.15, -0.1) is 0 Å². The molecule has 0 bridgehead atoms. The minimum absolute atomic E-state index is 0.0718. The summed E-state index contributed by atoms with van der Waals surface area (Å²) in [7, 11) is -3.94. The van der Waals surface area contributed by atoms with E-state index in [1.165, 1.54) is 24.3 Å². The van der Waals surface area contributed by atoms with Gasteiger partial charge in [-0.05, 0) is 12.1 Å². The molecule has 0 atom stereocenters. The van der Waals surface area contributed by atoms with Crippen molar-refractivity contribution in [1.82, 2.24) is 0 Å². The Balaban J connectivity index is 3.26. The van der Waals surface area contributed by atoms with Crippen molar-refractivity contribution in [3.05, 3.63) is 30.3 Å². The Labute approximate surface area is 69.9 Å². The molecule has 0 aliphatic carbocycles. The highest BCUT2D eigenvalue weighted by Gasteiger charge is 2.20. The number of carbonyl (C=O) groups excluding carboxylic acids is 1. The van der Waals surface area contributed by atoms with Crippen LogP contribution in [0.2, 0.25) is 0 Å². The van der Waals surface area contributed by atoms with E-state index in [-0.39, 0.29) is 4.90 Å². The molecule has 1 amide bonds. The van der Waals surface area contributed by atoms with Crippen LogP contribution in [0.1, 0.15) is 0 Å². The van der Waals surface area contributed by atoms with Crippen molar-refractivity contribution in [1.29, 1.82) is 0 Å². The molecular weight excluding hydrogens is 178 g/mol. The van der Waals surface area contributed by atoms with Crippen molar-refractivity contribution in [2.45, 2.75) is 4.90 Å². The third-order valence-electron chi connectivity index (χ3n) is 1.32. The minimum atomic E-state index is -3.94. The predicted molar refractivity (Wildman–Crippen MR) is 43.2 cm³/mol. The lowest BCUT2D eigenvalue weighted by atomic mass is 10.4. The number of sulfone groups is 1. The van der Waals surface area contributed by atoms with Crippen molar-refractivity contribution >= 4 is 15.1 Å². The van der Waals surface area contributed by atoms with E-state index in [1.807, 2.05) is 0 Å². The van der Waals surface area contributed by atoms with Gasteiger partial charge in [0.25, 0.3) is 9.84 Å². The highest BCUT2D eigenvalue weighted by Crippen LogP contribution is 2.08. The van der Waals surface area contributed by atoms with Gasteiger partial charge >= 0.3 is 5.24 Å². The zero-order valence-electron chi connectivity index (χ0n) is 6.10. The van der Waals surface area contributed by atoms with Crippen LogP contribution in [-0.2, 0) is 9.84 Å². The molecule has 1 aromatic rings. The number of carbonyl (C=O) groups is 1. The van der Waals surface area contributed by atoms with Crippen LogP contribution < -0.4 is 5.73 Å². The Morgan fingerprint density at radius 3 is 2.08 bits per heavy atom. The van der Waals surface area contributed by atoms with Gasteiger partial charge in [-0.25, -0.2) is 8.42 Å². The van der Waals surface area contributed by atoms with Gasteiger partial charge in [0, 0.05) is 0 Å². The third kappa shape index (κ3) is 1.45. The minimum Gasteiger partial charge on any atom is -0.356 e. The van der Waals surface area contributed by atoms with Crippen LogP contribution >= 0.6 is 0 Å². The number of hydrogen-bond donors (Lipinski definition) is 1. The fraction of sp³-hybridized carbons (Fsp3) is 0. The van der Waals surface area contributed by atoms with Crippen molar-refractivity contribution in [2.75, 3.05) is 0 Å². The summed E-state index contributed by atoms with van der Waals surface area (Å²) in [6, 6.07) is 7.34. The summed E-state index contributed by atoms with van der Waals surface area (Å²) in [5.41, 5.74) is 4.68. The second kappa shape index (κ2) is 2.94. The number of hydrogen-bond acceptors (Lipinski definition) is 3. The van der Waals surface area contributed by atoms with Crippen LogP contribution in [0.25, 0.3) is 0 Å². The van der Waals surface area contributed by atoms with Crippen LogP contribution in [0.5, 0.6) is 0 Å². The van der Waals surface area contributed by atoms with Gasteiger partial charge in [-0.1, -0.05) is 18.2 Å². The number of primary amides is 1. The van der Waals surface area contributed by atoms with Gasteiger partial charge in [0.15, 0.2) is 0 Å². The fourth-order valence-electron chi connectivity index (χ4n) is 0.716. The average molecular weight is 185 g/mol. The van der Waals surface area contributed by atoms with E-state index in [9.17, 15) is 13.2 Å². The summed E-state index contributed by atoms with van der Waals surface area (Å²) < 4.78 is 22.1. The standard InChI is InChI=1S/C7H7NO3S/c8-7(9)12(10,11)6-4-2-1-3-5-6/h1-5H,(H2,8,9). The van der Waals surface area contributed by atoms with Crippen molar-refractivity contribution < 1.29 is 13.2 Å². The smallest absolute Gasteiger partial charge is 0.338 e. The summed E-state index contributed by atoms with van der Waals surface area (Å²) >= 11 is 0. The van der Waals surface area contributed by atoms with Gasteiger partial charge < -0.3 is 5.73 Å². The van der Waals surface area contributed by atoms with Gasteiger partial charge in [0.2, 0.25) is 0 Å². The number of amides is 1. The van der Waals surface area contributed by atoms with E-state index in [0.717, 1.165) is 0 Å². The summed E-state index contributed by atoms with van der Waals surface area (Å²) in [5, 5.41) is -1.33. The van der Waals surface area contributed by atoms with Gasteiger partial charge in [-0.2, -0.15) is 0 Å². The first kappa shape index (κ1) is 8.73. The quantitative estimate of drug-likeness (QED) is 0.693. The SMILES string of the molecule is NC(=O)S(=O)(=O)c1ccccc1. The normalized spacial score (nSPS) is 11.0. The maximum atomic E-state index is 11.1. The molecule has 0 saturated heterocycles. The lowest BCUT2D eigenvalue weighted by Crippen LogP contribution is -2.21. The molecule has 0 fully saturated rings. The van der Waals surface area contributed by atoms with Crippen molar-refractivity contribution in [2.24, 2.45) is 5.73 Å².